The summed E-state index contributed by atoms with van der Waals surface area (Å²) < 4.78 is 60.7. The van der Waals surface area contributed by atoms with E-state index in [1.165, 1.54) is 18.3 Å². The molecule has 13 heteroatoms. The monoisotopic (exact) mass is 581 g/mol. The van der Waals surface area contributed by atoms with Gasteiger partial charge >= 0.3 is 6.18 Å². The third-order valence-electron chi connectivity index (χ3n) is 6.48. The Labute approximate surface area is 238 Å². The fourth-order valence-corrected chi connectivity index (χ4v) is 4.43. The molecule has 0 aliphatic carbocycles. The minimum absolute atomic E-state index is 0.105. The summed E-state index contributed by atoms with van der Waals surface area (Å²) in [7, 11) is 0. The number of pyridine rings is 1. The molecule has 2 aromatic carbocycles. The van der Waals surface area contributed by atoms with Crippen LogP contribution in [0.15, 0.2) is 65.9 Å². The van der Waals surface area contributed by atoms with Crippen molar-refractivity contribution in [2.45, 2.75) is 19.5 Å². The molecular weight excluding hydrogens is 554 g/mol. The van der Waals surface area contributed by atoms with Gasteiger partial charge in [0, 0.05) is 24.3 Å². The number of morpholine rings is 1. The first kappa shape index (κ1) is 28.7. The molecule has 4 aromatic rings. The number of ether oxygens (including phenoxy) is 1. The average molecular weight is 582 g/mol. The van der Waals surface area contributed by atoms with Crippen molar-refractivity contribution >= 4 is 29.4 Å². The maximum absolute atomic E-state index is 14.3. The van der Waals surface area contributed by atoms with Gasteiger partial charge < -0.3 is 20.1 Å². The number of benzene rings is 2. The number of aromatic nitrogens is 3. The zero-order valence-corrected chi connectivity index (χ0v) is 22.5. The fourth-order valence-electron chi connectivity index (χ4n) is 4.43. The Hall–Kier alpha value is -4.78. The van der Waals surface area contributed by atoms with Gasteiger partial charge in [0.05, 0.1) is 48.3 Å². The van der Waals surface area contributed by atoms with E-state index >= 15 is 0 Å². The first-order valence-electron chi connectivity index (χ1n) is 13.1. The zero-order chi connectivity index (χ0) is 29.7. The number of phenolic OH excluding ortho intramolecular Hbond substituents is 1. The summed E-state index contributed by atoms with van der Waals surface area (Å²) in [5, 5.41) is 17.4. The van der Waals surface area contributed by atoms with Crippen LogP contribution < -0.4 is 15.6 Å². The highest BCUT2D eigenvalue weighted by molar-refractivity contribution is 5.80. The summed E-state index contributed by atoms with van der Waals surface area (Å²) >= 11 is 0. The van der Waals surface area contributed by atoms with E-state index in [0.29, 0.717) is 49.8 Å². The molecule has 0 radical (unpaired) electrons. The van der Waals surface area contributed by atoms with Gasteiger partial charge in [-0.1, -0.05) is 25.1 Å². The van der Waals surface area contributed by atoms with E-state index in [-0.39, 0.29) is 34.3 Å². The molecule has 1 aliphatic heterocycles. The molecule has 0 saturated carbocycles. The van der Waals surface area contributed by atoms with Crippen LogP contribution >= 0.6 is 0 Å². The Morgan fingerprint density at radius 2 is 1.86 bits per heavy atom. The van der Waals surface area contributed by atoms with Crippen molar-refractivity contribution in [2.75, 3.05) is 41.9 Å². The number of para-hydroxylation sites is 1. The van der Waals surface area contributed by atoms with Crippen molar-refractivity contribution in [1.29, 1.82) is 0 Å². The number of rotatable bonds is 8. The molecule has 0 bridgehead atoms. The Bertz CT molecular complexity index is 1590. The number of hydrogen-bond donors (Lipinski definition) is 3. The molecular formula is C29H27F4N7O2. The first-order valence-corrected chi connectivity index (χ1v) is 13.1. The van der Waals surface area contributed by atoms with Crippen LogP contribution in [0.25, 0.3) is 11.1 Å². The minimum atomic E-state index is -4.59. The topological polar surface area (TPSA) is 108 Å². The van der Waals surface area contributed by atoms with E-state index in [0.717, 1.165) is 18.3 Å². The SMILES string of the molecule is CCc1nc(/C=N/Nc2ncc(F)c(N3CCOCC3)n2)ccc1Nc1cc(-c2ccccc2O)cc(C(F)(F)F)c1. The Balaban J connectivity index is 1.35. The van der Waals surface area contributed by atoms with Crippen LogP contribution in [0, 0.1) is 5.82 Å². The van der Waals surface area contributed by atoms with E-state index in [2.05, 4.69) is 30.8 Å². The average Bonchev–Trinajstić information content (AvgIpc) is 2.98. The van der Waals surface area contributed by atoms with E-state index in [9.17, 15) is 22.7 Å². The van der Waals surface area contributed by atoms with E-state index in [1.54, 1.807) is 35.2 Å². The highest BCUT2D eigenvalue weighted by Crippen LogP contribution is 2.38. The zero-order valence-electron chi connectivity index (χ0n) is 22.5. The molecule has 218 valence electrons. The number of aryl methyl sites for hydroxylation is 1. The highest BCUT2D eigenvalue weighted by atomic mass is 19.4. The van der Waals surface area contributed by atoms with Crippen molar-refractivity contribution < 1.29 is 27.4 Å². The molecule has 5 rings (SSSR count). The van der Waals surface area contributed by atoms with Crippen LogP contribution in [-0.2, 0) is 17.3 Å². The largest absolute Gasteiger partial charge is 0.507 e. The smallest absolute Gasteiger partial charge is 0.416 e. The number of aromatic hydroxyl groups is 1. The number of hydrazone groups is 1. The lowest BCUT2D eigenvalue weighted by atomic mass is 10.0. The van der Waals surface area contributed by atoms with Gasteiger partial charge in [0.1, 0.15) is 5.75 Å². The molecule has 2 aromatic heterocycles. The fraction of sp³-hybridized carbons (Fsp3) is 0.241. The second kappa shape index (κ2) is 12.4. The molecule has 3 heterocycles. The van der Waals surface area contributed by atoms with Crippen molar-refractivity contribution in [3.8, 4) is 16.9 Å². The number of alkyl halides is 3. The van der Waals surface area contributed by atoms with E-state index < -0.39 is 17.6 Å². The lowest BCUT2D eigenvalue weighted by molar-refractivity contribution is -0.137. The maximum Gasteiger partial charge on any atom is 0.416 e. The molecule has 0 unspecified atom stereocenters. The number of nitrogens with one attached hydrogen (secondary N) is 2. The van der Waals surface area contributed by atoms with Crippen LogP contribution in [0.1, 0.15) is 23.9 Å². The molecule has 0 atom stereocenters. The van der Waals surface area contributed by atoms with Crippen molar-refractivity contribution in [3.05, 3.63) is 83.6 Å². The van der Waals surface area contributed by atoms with E-state index in [1.807, 2.05) is 6.92 Å². The van der Waals surface area contributed by atoms with Crippen LogP contribution in [0.3, 0.4) is 0 Å². The Kier molecular flexibility index (Phi) is 8.48. The molecule has 3 N–H and O–H groups in total. The van der Waals surface area contributed by atoms with E-state index in [4.69, 9.17) is 4.74 Å². The predicted molar refractivity (Wildman–Crippen MR) is 152 cm³/mol. The third-order valence-corrected chi connectivity index (χ3v) is 6.48. The number of anilines is 4. The highest BCUT2D eigenvalue weighted by Gasteiger charge is 2.31. The Morgan fingerprint density at radius 1 is 1.07 bits per heavy atom. The van der Waals surface area contributed by atoms with Gasteiger partial charge in [0.2, 0.25) is 5.95 Å². The second-order valence-corrected chi connectivity index (χ2v) is 9.36. The van der Waals surface area contributed by atoms with Crippen LogP contribution in [0.4, 0.5) is 40.7 Å². The first-order chi connectivity index (χ1) is 20.2. The van der Waals surface area contributed by atoms with Gasteiger partial charge in [0.25, 0.3) is 0 Å². The third kappa shape index (κ3) is 6.74. The van der Waals surface area contributed by atoms with Crippen LogP contribution in [0.5, 0.6) is 5.75 Å². The second-order valence-electron chi connectivity index (χ2n) is 9.36. The number of phenols is 1. The number of nitrogens with zero attached hydrogens (tertiary/aromatic N) is 5. The van der Waals surface area contributed by atoms with Gasteiger partial charge in [-0.3, -0.25) is 0 Å². The number of hydrogen-bond acceptors (Lipinski definition) is 9. The minimum Gasteiger partial charge on any atom is -0.507 e. The predicted octanol–water partition coefficient (Wildman–Crippen LogP) is 5.99. The summed E-state index contributed by atoms with van der Waals surface area (Å²) in [6.07, 6.45) is -1.60. The molecule has 0 amide bonds. The summed E-state index contributed by atoms with van der Waals surface area (Å²) in [5.41, 5.74) is 4.08. The molecule has 1 fully saturated rings. The van der Waals surface area contributed by atoms with Crippen LogP contribution in [-0.4, -0.2) is 52.6 Å². The summed E-state index contributed by atoms with van der Waals surface area (Å²) in [5.74, 6) is -0.405. The molecule has 1 aliphatic rings. The van der Waals surface area contributed by atoms with Gasteiger partial charge in [-0.25, -0.2) is 19.8 Å². The lowest BCUT2D eigenvalue weighted by Crippen LogP contribution is -2.37. The summed E-state index contributed by atoms with van der Waals surface area (Å²) in [4.78, 5) is 14.5. The van der Waals surface area contributed by atoms with Crippen molar-refractivity contribution in [3.63, 3.8) is 0 Å². The van der Waals surface area contributed by atoms with Gasteiger partial charge in [-0.2, -0.15) is 23.3 Å². The van der Waals surface area contributed by atoms with Crippen LogP contribution in [0.2, 0.25) is 0 Å². The molecule has 9 nitrogen and oxygen atoms in total. The quantitative estimate of drug-likeness (QED) is 0.132. The Morgan fingerprint density at radius 3 is 2.60 bits per heavy atom. The molecule has 0 spiro atoms. The van der Waals surface area contributed by atoms with Crippen molar-refractivity contribution in [2.24, 2.45) is 5.10 Å². The normalized spacial score (nSPS) is 13.9. The molecule has 1 saturated heterocycles. The summed E-state index contributed by atoms with van der Waals surface area (Å²) in [6, 6.07) is 13.1. The molecule has 42 heavy (non-hydrogen) atoms. The summed E-state index contributed by atoms with van der Waals surface area (Å²) in [6.45, 7) is 3.85. The standard InChI is InChI=1S/C29H27F4N7O2/c1-2-24-25(37-21-14-18(13-19(15-21)29(31,32)33)22-5-3-4-6-26(22)41)8-7-20(36-24)16-35-39-28-34-17-23(30)27(38-28)40-9-11-42-12-10-40/h3-8,13-17,37,41H,2,9-12H2,1H3,(H,34,38,39)/b35-16+. The van der Waals surface area contributed by atoms with Gasteiger partial charge in [-0.15, -0.1) is 0 Å². The lowest BCUT2D eigenvalue weighted by Gasteiger charge is -2.27. The maximum atomic E-state index is 14.3. The van der Waals surface area contributed by atoms with Gasteiger partial charge in [0.15, 0.2) is 11.6 Å². The van der Waals surface area contributed by atoms with Gasteiger partial charge in [-0.05, 0) is 48.4 Å². The van der Waals surface area contributed by atoms with Crippen molar-refractivity contribution in [1.82, 2.24) is 15.0 Å². The number of halogens is 4.